The summed E-state index contributed by atoms with van der Waals surface area (Å²) < 4.78 is 2.03. The highest BCUT2D eigenvalue weighted by Crippen LogP contribution is 2.21. The molecule has 0 aliphatic rings. The van der Waals surface area contributed by atoms with Gasteiger partial charge in [-0.1, -0.05) is 61.5 Å². The first-order valence-electron chi connectivity index (χ1n) is 10.0. The Hall–Kier alpha value is -3.40. The van der Waals surface area contributed by atoms with E-state index in [0.717, 1.165) is 34.5 Å². The van der Waals surface area contributed by atoms with E-state index in [4.69, 9.17) is 4.98 Å². The third-order valence-corrected chi connectivity index (χ3v) is 5.32. The van der Waals surface area contributed by atoms with Crippen molar-refractivity contribution in [1.82, 2.24) is 9.55 Å². The van der Waals surface area contributed by atoms with Crippen LogP contribution in [0.2, 0.25) is 0 Å². The van der Waals surface area contributed by atoms with Crippen LogP contribution in [0.3, 0.4) is 0 Å². The number of anilines is 1. The quantitative estimate of drug-likeness (QED) is 0.501. The van der Waals surface area contributed by atoms with Gasteiger partial charge in [-0.15, -0.1) is 0 Å². The topological polar surface area (TPSA) is 46.9 Å². The Morgan fingerprint density at radius 2 is 1.62 bits per heavy atom. The highest BCUT2D eigenvalue weighted by atomic mass is 16.1. The molecule has 3 aromatic carbocycles. The second-order valence-electron chi connectivity index (χ2n) is 7.27. The normalized spacial score (nSPS) is 11.0. The SMILES string of the molecule is CCc1ccccc1NC(=O)Cn1c(Cc2ccccc2C)nc2ccccc21. The van der Waals surface area contributed by atoms with Crippen molar-refractivity contribution in [2.24, 2.45) is 0 Å². The molecule has 1 amide bonds. The van der Waals surface area contributed by atoms with Crippen molar-refractivity contribution in [2.45, 2.75) is 33.2 Å². The lowest BCUT2D eigenvalue weighted by Crippen LogP contribution is -2.21. The second kappa shape index (κ2) is 8.31. The molecule has 0 radical (unpaired) electrons. The molecule has 1 heterocycles. The van der Waals surface area contributed by atoms with Gasteiger partial charge in [-0.3, -0.25) is 4.79 Å². The number of benzene rings is 3. The van der Waals surface area contributed by atoms with E-state index in [0.29, 0.717) is 6.42 Å². The molecule has 146 valence electrons. The van der Waals surface area contributed by atoms with Crippen LogP contribution in [0.15, 0.2) is 72.8 Å². The summed E-state index contributed by atoms with van der Waals surface area (Å²) in [5, 5.41) is 3.08. The van der Waals surface area contributed by atoms with E-state index in [1.165, 1.54) is 11.1 Å². The van der Waals surface area contributed by atoms with Crippen molar-refractivity contribution in [3.05, 3.63) is 95.3 Å². The standard InChI is InChI=1S/C25H25N3O/c1-3-19-11-6-7-13-21(19)27-25(29)17-28-23-15-9-8-14-22(23)26-24(28)16-20-12-5-4-10-18(20)2/h4-15H,3,16-17H2,1-2H3,(H,27,29). The predicted octanol–water partition coefficient (Wildman–Crippen LogP) is 5.14. The zero-order chi connectivity index (χ0) is 20.2. The van der Waals surface area contributed by atoms with Crippen molar-refractivity contribution < 1.29 is 4.79 Å². The number of nitrogens with one attached hydrogen (secondary N) is 1. The van der Waals surface area contributed by atoms with E-state index >= 15 is 0 Å². The van der Waals surface area contributed by atoms with Gasteiger partial charge in [-0.25, -0.2) is 4.98 Å². The van der Waals surface area contributed by atoms with E-state index < -0.39 is 0 Å². The highest BCUT2D eigenvalue weighted by Gasteiger charge is 2.15. The zero-order valence-electron chi connectivity index (χ0n) is 16.9. The number of hydrogen-bond donors (Lipinski definition) is 1. The number of hydrogen-bond acceptors (Lipinski definition) is 2. The van der Waals surface area contributed by atoms with Crippen LogP contribution in [0.1, 0.15) is 29.4 Å². The lowest BCUT2D eigenvalue weighted by Gasteiger charge is -2.13. The molecule has 0 bridgehead atoms. The van der Waals surface area contributed by atoms with E-state index in [2.05, 4.69) is 31.3 Å². The Kier molecular flexibility index (Phi) is 5.43. The number of aromatic nitrogens is 2. The van der Waals surface area contributed by atoms with Crippen molar-refractivity contribution in [2.75, 3.05) is 5.32 Å². The number of fused-ring (bicyclic) bond motifs is 1. The summed E-state index contributed by atoms with van der Waals surface area (Å²) >= 11 is 0. The van der Waals surface area contributed by atoms with Gasteiger partial charge in [-0.2, -0.15) is 0 Å². The maximum absolute atomic E-state index is 12.9. The van der Waals surface area contributed by atoms with Crippen LogP contribution in [0.5, 0.6) is 0 Å². The van der Waals surface area contributed by atoms with Gasteiger partial charge >= 0.3 is 0 Å². The number of para-hydroxylation sites is 3. The van der Waals surface area contributed by atoms with Crippen LogP contribution in [-0.4, -0.2) is 15.5 Å². The third-order valence-electron chi connectivity index (χ3n) is 5.32. The van der Waals surface area contributed by atoms with E-state index in [1.54, 1.807) is 0 Å². The number of nitrogens with zero attached hydrogens (tertiary/aromatic N) is 2. The summed E-state index contributed by atoms with van der Waals surface area (Å²) in [5.41, 5.74) is 6.36. The first kappa shape index (κ1) is 18.9. The molecular formula is C25H25N3O. The number of rotatable bonds is 6. The fourth-order valence-corrected chi connectivity index (χ4v) is 3.70. The lowest BCUT2D eigenvalue weighted by molar-refractivity contribution is -0.116. The number of aryl methyl sites for hydroxylation is 2. The minimum Gasteiger partial charge on any atom is -0.324 e. The van der Waals surface area contributed by atoms with E-state index in [9.17, 15) is 4.79 Å². The monoisotopic (exact) mass is 383 g/mol. The largest absolute Gasteiger partial charge is 0.324 e. The van der Waals surface area contributed by atoms with Crippen LogP contribution in [-0.2, 0) is 24.2 Å². The molecule has 0 unspecified atom stereocenters. The smallest absolute Gasteiger partial charge is 0.244 e. The predicted molar refractivity (Wildman–Crippen MR) is 118 cm³/mol. The van der Waals surface area contributed by atoms with Crippen molar-refractivity contribution in [3.63, 3.8) is 0 Å². The minimum absolute atomic E-state index is 0.0416. The van der Waals surface area contributed by atoms with Crippen molar-refractivity contribution in [1.29, 1.82) is 0 Å². The van der Waals surface area contributed by atoms with Crippen LogP contribution in [0.25, 0.3) is 11.0 Å². The molecule has 4 aromatic rings. The Balaban J connectivity index is 1.65. The summed E-state index contributed by atoms with van der Waals surface area (Å²) in [6.07, 6.45) is 1.57. The number of carbonyl (C=O) groups is 1. The molecular weight excluding hydrogens is 358 g/mol. The van der Waals surface area contributed by atoms with E-state index in [1.807, 2.05) is 65.2 Å². The highest BCUT2D eigenvalue weighted by molar-refractivity contribution is 5.92. The maximum Gasteiger partial charge on any atom is 0.244 e. The molecule has 1 N–H and O–H groups in total. The average molecular weight is 383 g/mol. The summed E-state index contributed by atoms with van der Waals surface area (Å²) in [4.78, 5) is 17.7. The van der Waals surface area contributed by atoms with Crippen molar-refractivity contribution in [3.8, 4) is 0 Å². The Morgan fingerprint density at radius 1 is 0.931 bits per heavy atom. The van der Waals surface area contributed by atoms with Gasteiger partial charge in [0.25, 0.3) is 0 Å². The first-order chi connectivity index (χ1) is 14.2. The summed E-state index contributed by atoms with van der Waals surface area (Å²) in [7, 11) is 0. The van der Waals surface area contributed by atoms with Gasteiger partial charge in [0.05, 0.1) is 11.0 Å². The zero-order valence-corrected chi connectivity index (χ0v) is 16.9. The molecule has 0 fully saturated rings. The molecule has 0 saturated carbocycles. The Labute approximate surface area is 171 Å². The van der Waals surface area contributed by atoms with Gasteiger partial charge in [0, 0.05) is 12.1 Å². The van der Waals surface area contributed by atoms with Crippen LogP contribution in [0.4, 0.5) is 5.69 Å². The van der Waals surface area contributed by atoms with Gasteiger partial charge < -0.3 is 9.88 Å². The summed E-state index contributed by atoms with van der Waals surface area (Å²) in [5.74, 6) is 0.861. The fraction of sp³-hybridized carbons (Fsp3) is 0.200. The molecule has 29 heavy (non-hydrogen) atoms. The van der Waals surface area contributed by atoms with Crippen molar-refractivity contribution >= 4 is 22.6 Å². The molecule has 4 heteroatoms. The van der Waals surface area contributed by atoms with Gasteiger partial charge in [0.2, 0.25) is 5.91 Å². The van der Waals surface area contributed by atoms with Crippen LogP contribution < -0.4 is 5.32 Å². The summed E-state index contributed by atoms with van der Waals surface area (Å²) in [6.45, 7) is 4.44. The van der Waals surface area contributed by atoms with Crippen LogP contribution in [0, 0.1) is 6.92 Å². The molecule has 4 nitrogen and oxygen atoms in total. The molecule has 0 saturated heterocycles. The minimum atomic E-state index is -0.0416. The van der Waals surface area contributed by atoms with Crippen LogP contribution >= 0.6 is 0 Å². The number of imidazole rings is 1. The first-order valence-corrected chi connectivity index (χ1v) is 10.0. The fourth-order valence-electron chi connectivity index (χ4n) is 3.70. The molecule has 4 rings (SSSR count). The number of carbonyl (C=O) groups excluding carboxylic acids is 1. The summed E-state index contributed by atoms with van der Waals surface area (Å²) in [6, 6.07) is 24.3. The van der Waals surface area contributed by atoms with E-state index in [-0.39, 0.29) is 12.5 Å². The number of amides is 1. The average Bonchev–Trinajstić information content (AvgIpc) is 3.07. The van der Waals surface area contributed by atoms with Gasteiger partial charge in [-0.05, 0) is 48.2 Å². The second-order valence-corrected chi connectivity index (χ2v) is 7.27. The molecule has 0 aliphatic heterocycles. The molecule has 1 aromatic heterocycles. The molecule has 0 aliphatic carbocycles. The molecule has 0 spiro atoms. The Bertz CT molecular complexity index is 1160. The Morgan fingerprint density at radius 3 is 2.41 bits per heavy atom. The van der Waals surface area contributed by atoms with Gasteiger partial charge in [0.1, 0.15) is 12.4 Å². The molecule has 0 atom stereocenters. The third kappa shape index (κ3) is 4.06. The lowest BCUT2D eigenvalue weighted by atomic mass is 10.1. The maximum atomic E-state index is 12.9. The van der Waals surface area contributed by atoms with Gasteiger partial charge in [0.15, 0.2) is 0 Å².